The van der Waals surface area contributed by atoms with Crippen molar-refractivity contribution in [2.24, 2.45) is 0 Å². The van der Waals surface area contributed by atoms with Gasteiger partial charge in [-0.15, -0.1) is 11.6 Å². The third-order valence-electron chi connectivity index (χ3n) is 2.61. The lowest BCUT2D eigenvalue weighted by Crippen LogP contribution is -2.13. The first kappa shape index (κ1) is 11.9. The first-order chi connectivity index (χ1) is 12.0. The molecule has 0 amide bonds. The highest BCUT2D eigenvalue weighted by Gasteiger charge is 2.14. The van der Waals surface area contributed by atoms with Crippen LogP contribution in [-0.2, 0) is 20.2 Å². The van der Waals surface area contributed by atoms with E-state index >= 15 is 0 Å². The molecule has 5 nitrogen and oxygen atoms in total. The number of aryl methyl sites for hydroxylation is 1. The minimum atomic E-state index is -4.55. The number of hydrogen-bond acceptors (Lipinski definition) is 5. The van der Waals surface area contributed by atoms with Crippen molar-refractivity contribution in [3.8, 4) is 5.75 Å². The molecule has 118 valence electrons. The molecular formula is C15H16ClNO4S. The van der Waals surface area contributed by atoms with Crippen LogP contribution in [0.15, 0.2) is 47.5 Å². The summed E-state index contributed by atoms with van der Waals surface area (Å²) in [5, 5.41) is 0. The summed E-state index contributed by atoms with van der Waals surface area (Å²) in [5.41, 5.74) is 1.32. The Hall–Kier alpha value is -1.63. The maximum absolute atomic E-state index is 12.2. The molecule has 0 aliphatic rings. The summed E-state index contributed by atoms with van der Waals surface area (Å²) in [5.74, 6) is 0.0374. The monoisotopic (exact) mass is 345 g/mol. The van der Waals surface area contributed by atoms with Gasteiger partial charge in [0.2, 0.25) is 0 Å². The summed E-state index contributed by atoms with van der Waals surface area (Å²) in [6, 6.07) is 8.32. The van der Waals surface area contributed by atoms with E-state index in [1.807, 2.05) is 0 Å². The fourth-order valence-corrected chi connectivity index (χ4v) is 2.32. The number of pyridine rings is 1. The fraction of sp³-hybridized carbons (Fsp3) is 0.267. The Morgan fingerprint density at radius 3 is 2.50 bits per heavy atom. The van der Waals surface area contributed by atoms with Gasteiger partial charge in [-0.25, -0.2) is 0 Å². The quantitative estimate of drug-likeness (QED) is 0.570. The number of hydrogen-bond donors (Lipinski definition) is 0. The van der Waals surface area contributed by atoms with E-state index in [0.717, 1.165) is 11.8 Å². The van der Waals surface area contributed by atoms with Crippen molar-refractivity contribution >= 4 is 21.7 Å². The number of alkyl halides is 1. The van der Waals surface area contributed by atoms with Gasteiger partial charge in [-0.3, -0.25) is 9.17 Å². The Kier molecular flexibility index (Phi) is 4.09. The largest absolute Gasteiger partial charge is 0.490 e. The second-order valence-corrected chi connectivity index (χ2v) is 6.09. The molecule has 0 spiro atoms. The highest BCUT2D eigenvalue weighted by Crippen LogP contribution is 2.14. The zero-order chi connectivity index (χ0) is 19.6. The molecule has 0 atom stereocenters. The lowest BCUT2D eigenvalue weighted by atomic mass is 10.2. The van der Waals surface area contributed by atoms with Gasteiger partial charge in [0.05, 0.1) is 28.1 Å². The smallest absolute Gasteiger partial charge is 0.297 e. The summed E-state index contributed by atoms with van der Waals surface area (Å²) in [6.45, 7) is -4.66. The number of aromatic nitrogens is 1. The van der Waals surface area contributed by atoms with Crippen molar-refractivity contribution in [3.63, 3.8) is 0 Å². The molecule has 0 N–H and O–H groups in total. The molecule has 1 aromatic carbocycles. The molecule has 0 fully saturated rings. The van der Waals surface area contributed by atoms with E-state index in [4.69, 9.17) is 21.8 Å². The van der Waals surface area contributed by atoms with Crippen LogP contribution in [0.3, 0.4) is 0 Å². The molecule has 2 aromatic rings. The van der Waals surface area contributed by atoms with Gasteiger partial charge in [-0.05, 0) is 31.2 Å². The van der Waals surface area contributed by atoms with Crippen molar-refractivity contribution in [2.45, 2.75) is 17.7 Å². The van der Waals surface area contributed by atoms with Gasteiger partial charge in [-0.1, -0.05) is 17.7 Å². The Labute approximate surface area is 140 Å². The topological polar surface area (TPSA) is 65.5 Å². The normalized spacial score (nSPS) is 15.4. The lowest BCUT2D eigenvalue weighted by molar-refractivity contribution is 0.220. The highest BCUT2D eigenvalue weighted by atomic mass is 35.5. The Morgan fingerprint density at radius 1 is 1.18 bits per heavy atom. The molecule has 0 saturated heterocycles. The van der Waals surface area contributed by atoms with Gasteiger partial charge in [0.1, 0.15) is 18.9 Å². The zero-order valence-electron chi connectivity index (χ0n) is 15.6. The number of halogens is 1. The molecular weight excluding hydrogens is 326 g/mol. The Bertz CT molecular complexity index is 858. The average Bonchev–Trinajstić information content (AvgIpc) is 2.54. The summed E-state index contributed by atoms with van der Waals surface area (Å²) in [7, 11) is -4.55. The lowest BCUT2D eigenvalue weighted by Gasteiger charge is -2.08. The summed E-state index contributed by atoms with van der Waals surface area (Å²) < 4.78 is 64.9. The third-order valence-corrected chi connectivity index (χ3v) is 4.03. The van der Waals surface area contributed by atoms with E-state index in [9.17, 15) is 8.42 Å². The van der Waals surface area contributed by atoms with Crippen molar-refractivity contribution in [1.82, 2.24) is 4.98 Å². The van der Waals surface area contributed by atoms with Crippen molar-refractivity contribution < 1.29 is 22.8 Å². The molecule has 1 heterocycles. The van der Waals surface area contributed by atoms with E-state index in [-0.39, 0.29) is 16.5 Å². The van der Waals surface area contributed by atoms with Crippen LogP contribution >= 0.6 is 11.6 Å². The van der Waals surface area contributed by atoms with E-state index in [1.54, 1.807) is 6.92 Å². The summed E-state index contributed by atoms with van der Waals surface area (Å²) >= 11 is 5.60. The highest BCUT2D eigenvalue weighted by molar-refractivity contribution is 7.86. The van der Waals surface area contributed by atoms with Gasteiger partial charge >= 0.3 is 0 Å². The van der Waals surface area contributed by atoms with Crippen molar-refractivity contribution in [2.75, 3.05) is 13.1 Å². The molecule has 0 bridgehead atoms. The minimum Gasteiger partial charge on any atom is -0.490 e. The van der Waals surface area contributed by atoms with Gasteiger partial charge < -0.3 is 4.74 Å². The van der Waals surface area contributed by atoms with Crippen LogP contribution < -0.4 is 4.74 Å². The predicted octanol–water partition coefficient (Wildman–Crippen LogP) is 2.91. The van der Waals surface area contributed by atoms with Crippen LogP contribution in [0, 0.1) is 6.92 Å². The number of nitrogens with zero attached hydrogens (tertiary/aromatic N) is 1. The van der Waals surface area contributed by atoms with E-state index in [1.165, 1.54) is 36.4 Å². The molecule has 1 aromatic heterocycles. The minimum absolute atomic E-state index is 0.107. The van der Waals surface area contributed by atoms with Crippen molar-refractivity contribution in [3.05, 3.63) is 53.9 Å². The van der Waals surface area contributed by atoms with E-state index in [2.05, 4.69) is 9.17 Å². The number of ether oxygens (including phenoxy) is 1. The van der Waals surface area contributed by atoms with Crippen LogP contribution in [0.4, 0.5) is 0 Å². The van der Waals surface area contributed by atoms with E-state index < -0.39 is 23.2 Å². The molecule has 0 saturated carbocycles. The average molecular weight is 346 g/mol. The second-order valence-electron chi connectivity index (χ2n) is 4.28. The molecule has 7 heteroatoms. The number of benzene rings is 1. The maximum atomic E-state index is 12.2. The first-order valence-corrected chi connectivity index (χ1v) is 8.13. The summed E-state index contributed by atoms with van der Waals surface area (Å²) in [4.78, 5) is 3.59. The van der Waals surface area contributed by atoms with Gasteiger partial charge in [-0.2, -0.15) is 8.42 Å². The molecule has 0 aliphatic carbocycles. The van der Waals surface area contributed by atoms with Gasteiger partial charge in [0.25, 0.3) is 10.1 Å². The van der Waals surface area contributed by atoms with Crippen LogP contribution in [0.2, 0.25) is 0 Å². The predicted molar refractivity (Wildman–Crippen MR) is 83.6 cm³/mol. The molecule has 0 aliphatic heterocycles. The molecule has 0 unspecified atom stereocenters. The molecule has 0 radical (unpaired) electrons. The van der Waals surface area contributed by atoms with Crippen molar-refractivity contribution in [1.29, 1.82) is 0 Å². The standard InChI is InChI=1S/C15H16ClNO4S/c1-12-2-6-15(7-3-12)22(18,19)21-9-8-20-14-5-4-13(10-16)17-11-14/h2-7,11H,8-10H2,1H3/i8D2,9D2. The number of rotatable bonds is 7. The SMILES string of the molecule is [2H]C([2H])(Oc1ccc(CCl)nc1)C([2H])([2H])OS(=O)(=O)c1ccc(C)cc1. The Morgan fingerprint density at radius 2 is 1.91 bits per heavy atom. The van der Waals surface area contributed by atoms with Gasteiger partial charge in [0, 0.05) is 0 Å². The van der Waals surface area contributed by atoms with Crippen LogP contribution in [-0.4, -0.2) is 26.5 Å². The third kappa shape index (κ3) is 4.69. The second kappa shape index (κ2) is 7.58. The fourth-order valence-electron chi connectivity index (χ4n) is 1.46. The molecule has 2 rings (SSSR count). The Balaban J connectivity index is 2.21. The van der Waals surface area contributed by atoms with Crippen LogP contribution in [0.5, 0.6) is 5.75 Å². The summed E-state index contributed by atoms with van der Waals surface area (Å²) in [6.07, 6.45) is 1.15. The van der Waals surface area contributed by atoms with Gasteiger partial charge in [0.15, 0.2) is 0 Å². The van der Waals surface area contributed by atoms with Crippen LogP contribution in [0.25, 0.3) is 0 Å². The zero-order valence-corrected chi connectivity index (χ0v) is 13.2. The first-order valence-electron chi connectivity index (χ1n) is 8.19. The maximum Gasteiger partial charge on any atom is 0.297 e. The van der Waals surface area contributed by atoms with Crippen LogP contribution in [0.1, 0.15) is 16.7 Å². The van der Waals surface area contributed by atoms with E-state index in [0.29, 0.717) is 5.69 Å². The molecule has 22 heavy (non-hydrogen) atoms.